The summed E-state index contributed by atoms with van der Waals surface area (Å²) in [4.78, 5) is 16.2. The molecule has 1 aromatic heterocycles. The molecule has 0 aliphatic carbocycles. The summed E-state index contributed by atoms with van der Waals surface area (Å²) < 4.78 is 27.2. The topological polar surface area (TPSA) is 54.0 Å². The van der Waals surface area contributed by atoms with E-state index in [0.29, 0.717) is 10.3 Å². The summed E-state index contributed by atoms with van der Waals surface area (Å²) in [6.07, 6.45) is 0. The first-order chi connectivity index (χ1) is 10.9. The number of rotatable bonds is 3. The van der Waals surface area contributed by atoms with E-state index in [-0.39, 0.29) is 16.6 Å². The Morgan fingerprint density at radius 1 is 1.17 bits per heavy atom. The number of hydrogen-bond donors (Lipinski definition) is 2. The van der Waals surface area contributed by atoms with Crippen LogP contribution in [0.3, 0.4) is 0 Å². The summed E-state index contributed by atoms with van der Waals surface area (Å²) >= 11 is 1.05. The third kappa shape index (κ3) is 3.14. The second-order valence-corrected chi connectivity index (χ2v) is 6.18. The van der Waals surface area contributed by atoms with E-state index in [9.17, 15) is 13.6 Å². The predicted octanol–water partition coefficient (Wildman–Crippen LogP) is 3.95. The number of hydrogen-bond acceptors (Lipinski definition) is 4. The van der Waals surface area contributed by atoms with Gasteiger partial charge >= 0.3 is 0 Å². The van der Waals surface area contributed by atoms with E-state index < -0.39 is 11.6 Å². The lowest BCUT2D eigenvalue weighted by Crippen LogP contribution is -2.29. The molecule has 23 heavy (non-hydrogen) atoms. The van der Waals surface area contributed by atoms with Crippen molar-refractivity contribution in [1.29, 1.82) is 0 Å². The van der Waals surface area contributed by atoms with Crippen molar-refractivity contribution in [3.8, 4) is 0 Å². The smallest absolute Gasteiger partial charge is 0.269 e. The van der Waals surface area contributed by atoms with Crippen LogP contribution in [0, 0.1) is 25.5 Å². The monoisotopic (exact) mass is 333 g/mol. The Morgan fingerprint density at radius 2 is 1.96 bits per heavy atom. The summed E-state index contributed by atoms with van der Waals surface area (Å²) in [7, 11) is 0. The molecule has 118 valence electrons. The molecule has 0 fully saturated rings. The van der Waals surface area contributed by atoms with Gasteiger partial charge in [0.05, 0.1) is 4.70 Å². The predicted molar refractivity (Wildman–Crippen MR) is 86.5 cm³/mol. The second-order valence-electron chi connectivity index (χ2n) is 5.15. The fourth-order valence-corrected chi connectivity index (χ4v) is 3.03. The minimum atomic E-state index is -0.731. The van der Waals surface area contributed by atoms with Gasteiger partial charge in [-0.3, -0.25) is 15.6 Å². The van der Waals surface area contributed by atoms with Crippen LogP contribution in [0.5, 0.6) is 0 Å². The van der Waals surface area contributed by atoms with Crippen molar-refractivity contribution in [3.63, 3.8) is 0 Å². The highest BCUT2D eigenvalue weighted by Crippen LogP contribution is 2.28. The van der Waals surface area contributed by atoms with Gasteiger partial charge in [0.25, 0.3) is 5.91 Å². The third-order valence-corrected chi connectivity index (χ3v) is 4.25. The fourth-order valence-electron chi connectivity index (χ4n) is 2.17. The molecule has 3 aromatic rings. The number of halogens is 2. The minimum absolute atomic E-state index is 0.0693. The van der Waals surface area contributed by atoms with Gasteiger partial charge in [-0.25, -0.2) is 13.8 Å². The van der Waals surface area contributed by atoms with E-state index in [1.165, 1.54) is 6.07 Å². The molecule has 3 rings (SSSR count). The van der Waals surface area contributed by atoms with Gasteiger partial charge in [-0.05, 0) is 31.5 Å². The molecule has 2 aromatic carbocycles. The van der Waals surface area contributed by atoms with Crippen LogP contribution in [0.1, 0.15) is 21.5 Å². The van der Waals surface area contributed by atoms with E-state index in [1.807, 2.05) is 26.0 Å². The third-order valence-electron chi connectivity index (χ3n) is 3.33. The van der Waals surface area contributed by atoms with Crippen LogP contribution in [0.4, 0.5) is 13.9 Å². The van der Waals surface area contributed by atoms with E-state index in [4.69, 9.17) is 0 Å². The number of anilines is 1. The molecule has 4 nitrogen and oxygen atoms in total. The van der Waals surface area contributed by atoms with Gasteiger partial charge in [-0.15, -0.1) is 0 Å². The summed E-state index contributed by atoms with van der Waals surface area (Å²) in [6.45, 7) is 3.73. The van der Waals surface area contributed by atoms with E-state index in [2.05, 4.69) is 15.8 Å². The van der Waals surface area contributed by atoms with E-state index >= 15 is 0 Å². The molecule has 1 heterocycles. The molecule has 0 aliphatic heterocycles. The lowest BCUT2D eigenvalue weighted by Gasteiger charge is -2.08. The van der Waals surface area contributed by atoms with Crippen molar-refractivity contribution < 1.29 is 13.6 Å². The van der Waals surface area contributed by atoms with Crippen LogP contribution in [0.15, 0.2) is 30.3 Å². The average Bonchev–Trinajstić information content (AvgIpc) is 2.90. The highest BCUT2D eigenvalue weighted by atomic mass is 32.1. The quantitative estimate of drug-likeness (QED) is 0.714. The van der Waals surface area contributed by atoms with Crippen molar-refractivity contribution in [2.24, 2.45) is 0 Å². The molecule has 0 bridgehead atoms. The standard InChI is InChI=1S/C16H13F2N3OS/c1-8-3-4-9(2)11(5-8)15(22)20-21-16-19-14-12(18)6-10(17)7-13(14)23-16/h3-7H,1-2H3,(H,19,21)(H,20,22). The molecule has 0 spiro atoms. The van der Waals surface area contributed by atoms with Crippen molar-refractivity contribution in [3.05, 3.63) is 58.7 Å². The van der Waals surface area contributed by atoms with Crippen LogP contribution >= 0.6 is 11.3 Å². The maximum absolute atomic E-state index is 13.6. The highest BCUT2D eigenvalue weighted by molar-refractivity contribution is 7.22. The number of nitrogens with zero attached hydrogens (tertiary/aromatic N) is 1. The molecule has 0 radical (unpaired) electrons. The van der Waals surface area contributed by atoms with Crippen molar-refractivity contribution in [1.82, 2.24) is 10.4 Å². The molecule has 0 saturated heterocycles. The van der Waals surface area contributed by atoms with Crippen molar-refractivity contribution in [2.45, 2.75) is 13.8 Å². The van der Waals surface area contributed by atoms with Crippen LogP contribution in [-0.2, 0) is 0 Å². The number of aryl methyl sites for hydroxylation is 2. The van der Waals surface area contributed by atoms with Crippen LogP contribution in [-0.4, -0.2) is 10.9 Å². The first-order valence-electron chi connectivity index (χ1n) is 6.83. The minimum Gasteiger partial charge on any atom is -0.273 e. The van der Waals surface area contributed by atoms with E-state index in [1.54, 1.807) is 6.07 Å². The Kier molecular flexibility index (Phi) is 3.96. The Morgan fingerprint density at radius 3 is 2.74 bits per heavy atom. The number of fused-ring (bicyclic) bond motifs is 1. The zero-order valence-electron chi connectivity index (χ0n) is 12.4. The molecule has 0 unspecified atom stereocenters. The summed E-state index contributed by atoms with van der Waals surface area (Å²) in [5, 5.41) is 0.281. The lowest BCUT2D eigenvalue weighted by molar-refractivity contribution is 0.0962. The Labute approximate surface area is 135 Å². The zero-order valence-corrected chi connectivity index (χ0v) is 13.2. The fraction of sp³-hybridized carbons (Fsp3) is 0.125. The van der Waals surface area contributed by atoms with Gasteiger partial charge in [-0.1, -0.05) is 29.0 Å². The van der Waals surface area contributed by atoms with Gasteiger partial charge in [-0.2, -0.15) is 0 Å². The number of nitrogens with one attached hydrogen (secondary N) is 2. The molecular weight excluding hydrogens is 320 g/mol. The van der Waals surface area contributed by atoms with Gasteiger partial charge in [0.1, 0.15) is 11.3 Å². The largest absolute Gasteiger partial charge is 0.273 e. The maximum atomic E-state index is 13.6. The van der Waals surface area contributed by atoms with Gasteiger partial charge in [0, 0.05) is 11.6 Å². The summed E-state index contributed by atoms with van der Waals surface area (Å²) in [6, 6.07) is 7.54. The number of aromatic nitrogens is 1. The summed E-state index contributed by atoms with van der Waals surface area (Å²) in [5.74, 6) is -1.72. The van der Waals surface area contributed by atoms with Crippen molar-refractivity contribution >= 4 is 32.6 Å². The Hall–Kier alpha value is -2.54. The highest BCUT2D eigenvalue weighted by Gasteiger charge is 2.12. The number of thiazole rings is 1. The SMILES string of the molecule is Cc1ccc(C)c(C(=O)NNc2nc3c(F)cc(F)cc3s2)c1. The first kappa shape index (κ1) is 15.4. The number of carbonyl (C=O) groups is 1. The van der Waals surface area contributed by atoms with E-state index in [0.717, 1.165) is 28.5 Å². The molecule has 0 aliphatic rings. The zero-order chi connectivity index (χ0) is 16.6. The van der Waals surface area contributed by atoms with Crippen LogP contribution in [0.25, 0.3) is 10.2 Å². The molecule has 1 amide bonds. The van der Waals surface area contributed by atoms with Crippen LogP contribution < -0.4 is 10.9 Å². The Bertz CT molecular complexity index is 908. The molecule has 0 saturated carbocycles. The average molecular weight is 333 g/mol. The van der Waals surface area contributed by atoms with Crippen LogP contribution in [0.2, 0.25) is 0 Å². The number of benzene rings is 2. The van der Waals surface area contributed by atoms with Gasteiger partial charge < -0.3 is 0 Å². The molecule has 0 atom stereocenters. The molecule has 7 heteroatoms. The van der Waals surface area contributed by atoms with Gasteiger partial charge in [0.2, 0.25) is 5.13 Å². The summed E-state index contributed by atoms with van der Waals surface area (Å²) in [5.41, 5.74) is 7.58. The maximum Gasteiger partial charge on any atom is 0.269 e. The number of carbonyl (C=O) groups excluding carboxylic acids is 1. The lowest BCUT2D eigenvalue weighted by atomic mass is 10.1. The Balaban J connectivity index is 1.79. The number of amides is 1. The number of hydrazine groups is 1. The second kappa shape index (κ2) is 5.92. The molecular formula is C16H13F2N3OS. The van der Waals surface area contributed by atoms with Gasteiger partial charge in [0.15, 0.2) is 5.82 Å². The molecule has 2 N–H and O–H groups in total. The first-order valence-corrected chi connectivity index (χ1v) is 7.65. The van der Waals surface area contributed by atoms with Crippen molar-refractivity contribution in [2.75, 3.05) is 5.43 Å². The normalized spacial score (nSPS) is 10.8.